The van der Waals surface area contributed by atoms with Crippen molar-refractivity contribution in [3.63, 3.8) is 0 Å². The molecule has 1 fully saturated rings. The number of aromatic nitrogens is 2. The van der Waals surface area contributed by atoms with Gasteiger partial charge in [0.1, 0.15) is 29.9 Å². The summed E-state index contributed by atoms with van der Waals surface area (Å²) in [4.78, 5) is 17.0. The zero-order valence-electron chi connectivity index (χ0n) is 28.0. The molecule has 5 rings (SSSR count). The molecule has 2 atom stereocenters. The van der Waals surface area contributed by atoms with Crippen molar-refractivity contribution in [2.45, 2.75) is 77.9 Å². The summed E-state index contributed by atoms with van der Waals surface area (Å²) in [5.41, 5.74) is 2.00. The first-order valence-corrected chi connectivity index (χ1v) is 19.7. The van der Waals surface area contributed by atoms with Crippen molar-refractivity contribution in [1.82, 2.24) is 14.9 Å². The van der Waals surface area contributed by atoms with E-state index in [1.165, 1.54) is 12.3 Å². The van der Waals surface area contributed by atoms with Gasteiger partial charge in [-0.05, 0) is 57.0 Å². The summed E-state index contributed by atoms with van der Waals surface area (Å²) in [6, 6.07) is 11.0. The van der Waals surface area contributed by atoms with Crippen molar-refractivity contribution in [2.75, 3.05) is 18.5 Å². The quantitative estimate of drug-likeness (QED) is 0.109. The number of halogens is 2. The number of pyridine rings is 1. The van der Waals surface area contributed by atoms with Crippen LogP contribution in [0.5, 0.6) is 17.2 Å². The van der Waals surface area contributed by atoms with E-state index in [0.717, 1.165) is 24.6 Å². The molecule has 4 aromatic rings. The molecule has 0 saturated carbocycles. The summed E-state index contributed by atoms with van der Waals surface area (Å²) in [5, 5.41) is 15.6. The molecule has 1 saturated heterocycles. The van der Waals surface area contributed by atoms with Crippen LogP contribution in [0.1, 0.15) is 32.8 Å². The molecule has 2 amide bonds. The first-order valence-electron chi connectivity index (χ1n) is 16.0. The molecule has 2 aromatic heterocycles. The second kappa shape index (κ2) is 14.7. The number of benzene rings is 2. The number of amides is 2. The summed E-state index contributed by atoms with van der Waals surface area (Å²) in [6.07, 6.45) is 3.92. The Morgan fingerprint density at radius 1 is 1.15 bits per heavy atom. The van der Waals surface area contributed by atoms with E-state index in [9.17, 15) is 10.1 Å². The molecular formula is C35H41F2N5O5Si. The Labute approximate surface area is 280 Å². The van der Waals surface area contributed by atoms with Crippen molar-refractivity contribution in [3.8, 4) is 34.4 Å². The first kappa shape index (κ1) is 34.8. The van der Waals surface area contributed by atoms with Crippen LogP contribution in [-0.4, -0.2) is 55.1 Å². The third-order valence-electron chi connectivity index (χ3n) is 7.84. The molecule has 0 bridgehead atoms. The number of anilines is 1. The SMILES string of the molecule is CC(C)Oc1ccc(-c2cn(COCC[Si](C)(C)C)c3nccc(Oc4c(F)cc(NC(=O)NC(C)C5CCO5)cc4F)c23)cc1C#N. The highest BCUT2D eigenvalue weighted by Crippen LogP contribution is 2.41. The fourth-order valence-corrected chi connectivity index (χ4v) is 5.98. The van der Waals surface area contributed by atoms with Gasteiger partial charge in [-0.3, -0.25) is 0 Å². The molecule has 3 heterocycles. The minimum atomic E-state index is -1.33. The summed E-state index contributed by atoms with van der Waals surface area (Å²) < 4.78 is 55.8. The largest absolute Gasteiger partial charge is 0.490 e. The lowest BCUT2D eigenvalue weighted by molar-refractivity contribution is -0.0654. The van der Waals surface area contributed by atoms with E-state index in [4.69, 9.17) is 18.9 Å². The van der Waals surface area contributed by atoms with Gasteiger partial charge in [0.05, 0.1) is 29.2 Å². The number of carbonyl (C=O) groups excluding carboxylic acids is 1. The summed E-state index contributed by atoms with van der Waals surface area (Å²) in [7, 11) is -1.33. The van der Waals surface area contributed by atoms with E-state index in [1.54, 1.807) is 23.6 Å². The van der Waals surface area contributed by atoms with Gasteiger partial charge in [0.2, 0.25) is 0 Å². The first-order chi connectivity index (χ1) is 22.8. The molecule has 2 aromatic carbocycles. The number of hydrogen-bond donors (Lipinski definition) is 2. The maximum absolute atomic E-state index is 15.4. The summed E-state index contributed by atoms with van der Waals surface area (Å²) >= 11 is 0. The van der Waals surface area contributed by atoms with Gasteiger partial charge in [0.25, 0.3) is 0 Å². The highest BCUT2D eigenvalue weighted by molar-refractivity contribution is 6.76. The van der Waals surface area contributed by atoms with Gasteiger partial charge in [-0.15, -0.1) is 0 Å². The predicted octanol–water partition coefficient (Wildman–Crippen LogP) is 8.04. The average molecular weight is 678 g/mol. The van der Waals surface area contributed by atoms with E-state index in [2.05, 4.69) is 41.3 Å². The zero-order valence-corrected chi connectivity index (χ0v) is 29.0. The minimum Gasteiger partial charge on any atom is -0.490 e. The van der Waals surface area contributed by atoms with E-state index in [1.807, 2.05) is 26.1 Å². The maximum Gasteiger partial charge on any atom is 0.319 e. The van der Waals surface area contributed by atoms with Crippen LogP contribution in [-0.2, 0) is 16.2 Å². The van der Waals surface area contributed by atoms with Gasteiger partial charge < -0.3 is 34.1 Å². The van der Waals surface area contributed by atoms with Crippen LogP contribution in [0.2, 0.25) is 25.7 Å². The van der Waals surface area contributed by atoms with Gasteiger partial charge in [-0.2, -0.15) is 5.26 Å². The smallest absolute Gasteiger partial charge is 0.319 e. The molecule has 0 spiro atoms. The second-order valence-electron chi connectivity index (χ2n) is 13.3. The summed E-state index contributed by atoms with van der Waals surface area (Å²) in [5.74, 6) is -2.08. The van der Waals surface area contributed by atoms with Crippen molar-refractivity contribution >= 4 is 30.8 Å². The highest BCUT2D eigenvalue weighted by atomic mass is 28.3. The third-order valence-corrected chi connectivity index (χ3v) is 9.54. The van der Waals surface area contributed by atoms with E-state index in [-0.39, 0.29) is 36.4 Å². The Morgan fingerprint density at radius 2 is 1.88 bits per heavy atom. The number of ether oxygens (including phenoxy) is 4. The van der Waals surface area contributed by atoms with Gasteiger partial charge in [0, 0.05) is 57.1 Å². The Bertz CT molecular complexity index is 1810. The number of carbonyl (C=O) groups is 1. The van der Waals surface area contributed by atoms with E-state index < -0.39 is 31.5 Å². The molecular weight excluding hydrogens is 636 g/mol. The second-order valence-corrected chi connectivity index (χ2v) is 18.9. The molecule has 2 unspecified atom stereocenters. The van der Waals surface area contributed by atoms with Crippen molar-refractivity contribution in [1.29, 1.82) is 5.26 Å². The van der Waals surface area contributed by atoms with E-state index >= 15 is 8.78 Å². The lowest BCUT2D eigenvalue weighted by Gasteiger charge is -2.32. The molecule has 0 aliphatic carbocycles. The molecule has 0 radical (unpaired) electrons. The Balaban J connectivity index is 1.48. The summed E-state index contributed by atoms with van der Waals surface area (Å²) in [6.45, 7) is 13.8. The monoisotopic (exact) mass is 677 g/mol. The number of nitriles is 1. The molecule has 1 aliphatic heterocycles. The fraction of sp³-hybridized carbons (Fsp3) is 0.400. The average Bonchev–Trinajstić information content (AvgIpc) is 3.35. The normalized spacial score (nSPS) is 15.1. The van der Waals surface area contributed by atoms with Crippen LogP contribution in [0.25, 0.3) is 22.2 Å². The molecule has 10 nitrogen and oxygen atoms in total. The molecule has 254 valence electrons. The van der Waals surface area contributed by atoms with Crippen molar-refractivity contribution < 1.29 is 32.5 Å². The van der Waals surface area contributed by atoms with Crippen LogP contribution in [0.3, 0.4) is 0 Å². The van der Waals surface area contributed by atoms with Gasteiger partial charge in [-0.25, -0.2) is 18.6 Å². The third kappa shape index (κ3) is 8.31. The molecule has 2 N–H and O–H groups in total. The van der Waals surface area contributed by atoms with Crippen LogP contribution in [0.15, 0.2) is 48.8 Å². The lowest BCUT2D eigenvalue weighted by Crippen LogP contribution is -2.48. The van der Waals surface area contributed by atoms with Crippen LogP contribution >= 0.6 is 0 Å². The Morgan fingerprint density at radius 3 is 2.50 bits per heavy atom. The van der Waals surface area contributed by atoms with Gasteiger partial charge >= 0.3 is 6.03 Å². The lowest BCUT2D eigenvalue weighted by atomic mass is 10.0. The Kier molecular flexibility index (Phi) is 10.7. The highest BCUT2D eigenvalue weighted by Gasteiger charge is 2.27. The number of nitrogens with one attached hydrogen (secondary N) is 2. The van der Waals surface area contributed by atoms with Gasteiger partial charge in [-0.1, -0.05) is 25.7 Å². The predicted molar refractivity (Wildman–Crippen MR) is 182 cm³/mol. The number of fused-ring (bicyclic) bond motifs is 1. The number of nitrogens with zero attached hydrogens (tertiary/aromatic N) is 3. The van der Waals surface area contributed by atoms with E-state index in [0.29, 0.717) is 46.7 Å². The minimum absolute atomic E-state index is 0.0773. The molecule has 48 heavy (non-hydrogen) atoms. The zero-order chi connectivity index (χ0) is 34.6. The molecule has 13 heteroatoms. The van der Waals surface area contributed by atoms with Crippen LogP contribution in [0, 0.1) is 23.0 Å². The number of rotatable bonds is 13. The Hall–Kier alpha value is -4.51. The van der Waals surface area contributed by atoms with Crippen LogP contribution in [0.4, 0.5) is 19.3 Å². The number of hydrogen-bond acceptors (Lipinski definition) is 7. The van der Waals surface area contributed by atoms with Gasteiger partial charge in [0.15, 0.2) is 17.4 Å². The fourth-order valence-electron chi connectivity index (χ4n) is 5.23. The maximum atomic E-state index is 15.4. The van der Waals surface area contributed by atoms with Crippen molar-refractivity contribution in [2.24, 2.45) is 0 Å². The van der Waals surface area contributed by atoms with Crippen LogP contribution < -0.4 is 20.1 Å². The standard InChI is InChI=1S/C35H41F2N5O5Si/c1-21(2)46-30-8-7-23(15-24(30)18-38)26-19-42(20-44-13-14-48(4,5)6)34-32(26)31(9-11-39-34)47-33-27(36)16-25(17-28(33)37)41-35(43)40-22(3)29-10-12-45-29/h7-9,11,15-17,19,21-22,29H,10,12-14,20H2,1-6H3,(H2,40,41,43). The van der Waals surface area contributed by atoms with Crippen molar-refractivity contribution in [3.05, 3.63) is 66.0 Å². The molecule has 1 aliphatic rings. The topological polar surface area (TPSA) is 120 Å². The number of urea groups is 1.